The predicted molar refractivity (Wildman–Crippen MR) is 94.2 cm³/mol. The van der Waals surface area contributed by atoms with Gasteiger partial charge in [-0.1, -0.05) is 5.16 Å². The van der Waals surface area contributed by atoms with Crippen molar-refractivity contribution in [3.05, 3.63) is 17.5 Å². The standard InChI is InChI=1S/C18H30N4O3/c1-13(2)22-8-3-14(11-22)10-19-18(24)17-9-16(25-20-17)12-21-6-4-15(23)5-7-21/h9,13-15,23H,3-8,10-12H2,1-2H3,(H,19,24)/t14-/m0/s1. The molecule has 1 aromatic heterocycles. The van der Waals surface area contributed by atoms with Gasteiger partial charge in [-0.2, -0.15) is 0 Å². The second kappa shape index (κ2) is 8.29. The molecule has 0 saturated carbocycles. The number of amides is 1. The number of hydrogen-bond donors (Lipinski definition) is 2. The second-order valence-electron chi connectivity index (χ2n) is 7.64. The lowest BCUT2D eigenvalue weighted by Gasteiger charge is -2.28. The highest BCUT2D eigenvalue weighted by Crippen LogP contribution is 2.18. The lowest BCUT2D eigenvalue weighted by Crippen LogP contribution is -2.35. The summed E-state index contributed by atoms with van der Waals surface area (Å²) in [6.45, 7) is 9.59. The van der Waals surface area contributed by atoms with Gasteiger partial charge in [-0.15, -0.1) is 0 Å². The topological polar surface area (TPSA) is 81.8 Å². The Morgan fingerprint density at radius 2 is 2.12 bits per heavy atom. The van der Waals surface area contributed by atoms with Crippen LogP contribution in [0.5, 0.6) is 0 Å². The van der Waals surface area contributed by atoms with Gasteiger partial charge in [0.1, 0.15) is 0 Å². The van der Waals surface area contributed by atoms with Gasteiger partial charge in [0.15, 0.2) is 11.5 Å². The van der Waals surface area contributed by atoms with Gasteiger partial charge in [-0.05, 0) is 45.6 Å². The van der Waals surface area contributed by atoms with Crippen LogP contribution in [-0.2, 0) is 6.54 Å². The summed E-state index contributed by atoms with van der Waals surface area (Å²) in [5.41, 5.74) is 0.353. The van der Waals surface area contributed by atoms with E-state index < -0.39 is 0 Å². The zero-order chi connectivity index (χ0) is 17.8. The summed E-state index contributed by atoms with van der Waals surface area (Å²) >= 11 is 0. The van der Waals surface area contributed by atoms with E-state index in [1.807, 2.05) is 0 Å². The molecule has 2 aliphatic heterocycles. The molecule has 1 amide bonds. The fourth-order valence-corrected chi connectivity index (χ4v) is 3.62. The van der Waals surface area contributed by atoms with Crippen LogP contribution in [0.4, 0.5) is 0 Å². The average molecular weight is 350 g/mol. The fraction of sp³-hybridized carbons (Fsp3) is 0.778. The predicted octanol–water partition coefficient (Wildman–Crippen LogP) is 1.09. The highest BCUT2D eigenvalue weighted by atomic mass is 16.5. The summed E-state index contributed by atoms with van der Waals surface area (Å²) in [7, 11) is 0. The first kappa shape index (κ1) is 18.4. The summed E-state index contributed by atoms with van der Waals surface area (Å²) in [4.78, 5) is 16.9. The molecule has 7 nitrogen and oxygen atoms in total. The van der Waals surface area contributed by atoms with Crippen molar-refractivity contribution < 1.29 is 14.4 Å². The summed E-state index contributed by atoms with van der Waals surface area (Å²) in [6, 6.07) is 2.30. The number of carbonyl (C=O) groups excluding carboxylic acids is 1. The number of nitrogens with zero attached hydrogens (tertiary/aromatic N) is 3. The zero-order valence-corrected chi connectivity index (χ0v) is 15.3. The van der Waals surface area contributed by atoms with Gasteiger partial charge in [0.2, 0.25) is 0 Å². The molecular formula is C18H30N4O3. The lowest BCUT2D eigenvalue weighted by atomic mass is 10.1. The van der Waals surface area contributed by atoms with E-state index in [1.165, 1.54) is 0 Å². The number of aliphatic hydroxyl groups is 1. The van der Waals surface area contributed by atoms with Crippen LogP contribution in [0.25, 0.3) is 0 Å². The Morgan fingerprint density at radius 1 is 1.36 bits per heavy atom. The van der Waals surface area contributed by atoms with Gasteiger partial charge in [0, 0.05) is 38.3 Å². The largest absolute Gasteiger partial charge is 0.393 e. The van der Waals surface area contributed by atoms with Crippen molar-refractivity contribution in [3.63, 3.8) is 0 Å². The van der Waals surface area contributed by atoms with E-state index in [2.05, 4.69) is 34.1 Å². The molecule has 0 aliphatic carbocycles. The van der Waals surface area contributed by atoms with Crippen molar-refractivity contribution in [1.82, 2.24) is 20.3 Å². The van der Waals surface area contributed by atoms with Crippen LogP contribution in [0.3, 0.4) is 0 Å². The molecule has 3 heterocycles. The Labute approximate surface area is 149 Å². The Bertz CT molecular complexity index is 566. The lowest BCUT2D eigenvalue weighted by molar-refractivity contribution is 0.0748. The molecule has 3 rings (SSSR count). The smallest absolute Gasteiger partial charge is 0.273 e. The molecule has 0 unspecified atom stereocenters. The molecule has 0 radical (unpaired) electrons. The summed E-state index contributed by atoms with van der Waals surface area (Å²) < 4.78 is 5.31. The van der Waals surface area contributed by atoms with Gasteiger partial charge < -0.3 is 19.8 Å². The minimum atomic E-state index is -0.186. The Balaban J connectivity index is 1.43. The molecule has 140 valence electrons. The van der Waals surface area contributed by atoms with Crippen molar-refractivity contribution >= 4 is 5.91 Å². The van der Waals surface area contributed by atoms with E-state index in [1.54, 1.807) is 6.07 Å². The van der Waals surface area contributed by atoms with Crippen molar-refractivity contribution in [2.75, 3.05) is 32.7 Å². The Morgan fingerprint density at radius 3 is 2.80 bits per heavy atom. The van der Waals surface area contributed by atoms with Crippen molar-refractivity contribution in [2.24, 2.45) is 5.92 Å². The van der Waals surface area contributed by atoms with Crippen LogP contribution in [0.2, 0.25) is 0 Å². The van der Waals surface area contributed by atoms with Crippen molar-refractivity contribution in [3.8, 4) is 0 Å². The Hall–Kier alpha value is -1.44. The molecule has 1 aromatic rings. The molecule has 7 heteroatoms. The van der Waals surface area contributed by atoms with E-state index >= 15 is 0 Å². The van der Waals surface area contributed by atoms with Gasteiger partial charge in [-0.25, -0.2) is 0 Å². The molecule has 25 heavy (non-hydrogen) atoms. The van der Waals surface area contributed by atoms with E-state index in [0.717, 1.165) is 45.4 Å². The molecule has 1 atom stereocenters. The van der Waals surface area contributed by atoms with Crippen LogP contribution < -0.4 is 5.32 Å². The van der Waals surface area contributed by atoms with E-state index in [0.29, 0.717) is 36.5 Å². The number of carbonyl (C=O) groups is 1. The highest BCUT2D eigenvalue weighted by molar-refractivity contribution is 5.92. The molecule has 2 saturated heterocycles. The quantitative estimate of drug-likeness (QED) is 0.799. The highest BCUT2D eigenvalue weighted by Gasteiger charge is 2.25. The first-order valence-corrected chi connectivity index (χ1v) is 9.39. The van der Waals surface area contributed by atoms with Crippen LogP contribution in [0.15, 0.2) is 10.6 Å². The number of hydrogen-bond acceptors (Lipinski definition) is 6. The maximum absolute atomic E-state index is 12.3. The van der Waals surface area contributed by atoms with E-state index in [9.17, 15) is 9.90 Å². The molecular weight excluding hydrogens is 320 g/mol. The van der Waals surface area contributed by atoms with Crippen LogP contribution in [0, 0.1) is 5.92 Å². The van der Waals surface area contributed by atoms with Crippen molar-refractivity contribution in [2.45, 2.75) is 51.8 Å². The monoisotopic (exact) mass is 350 g/mol. The molecule has 2 aliphatic rings. The fourth-order valence-electron chi connectivity index (χ4n) is 3.62. The molecule has 2 N–H and O–H groups in total. The minimum absolute atomic E-state index is 0.160. The molecule has 2 fully saturated rings. The number of nitrogens with one attached hydrogen (secondary N) is 1. The van der Waals surface area contributed by atoms with Crippen LogP contribution in [-0.4, -0.2) is 70.8 Å². The maximum Gasteiger partial charge on any atom is 0.273 e. The van der Waals surface area contributed by atoms with Gasteiger partial charge in [0.25, 0.3) is 5.91 Å². The van der Waals surface area contributed by atoms with E-state index in [4.69, 9.17) is 4.52 Å². The molecule has 0 aromatic carbocycles. The second-order valence-corrected chi connectivity index (χ2v) is 7.64. The van der Waals surface area contributed by atoms with Gasteiger partial charge >= 0.3 is 0 Å². The molecule has 0 bridgehead atoms. The minimum Gasteiger partial charge on any atom is -0.393 e. The van der Waals surface area contributed by atoms with Crippen molar-refractivity contribution in [1.29, 1.82) is 0 Å². The summed E-state index contributed by atoms with van der Waals surface area (Å²) in [6.07, 6.45) is 2.52. The zero-order valence-electron chi connectivity index (χ0n) is 15.3. The normalized spacial score (nSPS) is 23.4. The SMILES string of the molecule is CC(C)N1CC[C@@H](CNC(=O)c2cc(CN3CCC(O)CC3)on2)C1. The van der Waals surface area contributed by atoms with Crippen LogP contribution in [0.1, 0.15) is 49.4 Å². The first-order valence-electron chi connectivity index (χ1n) is 9.39. The van der Waals surface area contributed by atoms with E-state index in [-0.39, 0.29) is 12.0 Å². The number of aromatic nitrogens is 1. The first-order chi connectivity index (χ1) is 12.0. The maximum atomic E-state index is 12.3. The number of piperidine rings is 1. The Kier molecular flexibility index (Phi) is 6.09. The van der Waals surface area contributed by atoms with Gasteiger partial charge in [-0.3, -0.25) is 9.69 Å². The number of likely N-dealkylation sites (tertiary alicyclic amines) is 2. The third-order valence-electron chi connectivity index (χ3n) is 5.33. The third-order valence-corrected chi connectivity index (χ3v) is 5.33. The third kappa shape index (κ3) is 5.03. The molecule has 0 spiro atoms. The average Bonchev–Trinajstić information content (AvgIpc) is 3.24. The van der Waals surface area contributed by atoms with Crippen LogP contribution >= 0.6 is 0 Å². The summed E-state index contributed by atoms with van der Waals surface area (Å²) in [5.74, 6) is 1.05. The van der Waals surface area contributed by atoms with Gasteiger partial charge in [0.05, 0.1) is 12.6 Å². The number of rotatable bonds is 6. The summed E-state index contributed by atoms with van der Waals surface area (Å²) in [5, 5.41) is 16.4. The number of aliphatic hydroxyl groups excluding tert-OH is 1.